The van der Waals surface area contributed by atoms with E-state index in [1.165, 1.54) is 0 Å². The van der Waals surface area contributed by atoms with E-state index in [1.807, 2.05) is 25.1 Å². The van der Waals surface area contributed by atoms with Crippen LogP contribution in [-0.4, -0.2) is 19.1 Å². The molecule has 4 nitrogen and oxygen atoms in total. The summed E-state index contributed by atoms with van der Waals surface area (Å²) in [5, 5.41) is 2.82. The van der Waals surface area contributed by atoms with Gasteiger partial charge in [0.05, 0.1) is 13.2 Å². The maximum atomic E-state index is 11.7. The normalized spacial score (nSPS) is 11.4. The van der Waals surface area contributed by atoms with Crippen LogP contribution in [0.3, 0.4) is 0 Å². The Bertz CT molecular complexity index is 416. The molecule has 108 valence electrons. The van der Waals surface area contributed by atoms with Gasteiger partial charge in [-0.15, -0.1) is 12.4 Å². The van der Waals surface area contributed by atoms with Gasteiger partial charge in [-0.2, -0.15) is 0 Å². The number of benzene rings is 1. The highest BCUT2D eigenvalue weighted by atomic mass is 79.9. The lowest BCUT2D eigenvalue weighted by atomic mass is 10.1. The fourth-order valence-corrected chi connectivity index (χ4v) is 2.05. The second-order valence-electron chi connectivity index (χ2n) is 4.07. The van der Waals surface area contributed by atoms with E-state index in [-0.39, 0.29) is 18.3 Å². The number of rotatable bonds is 6. The van der Waals surface area contributed by atoms with Gasteiger partial charge in [0.1, 0.15) is 5.75 Å². The topological polar surface area (TPSA) is 64.4 Å². The van der Waals surface area contributed by atoms with Crippen molar-refractivity contribution in [3.63, 3.8) is 0 Å². The lowest BCUT2D eigenvalue weighted by molar-refractivity contribution is -0.122. The second kappa shape index (κ2) is 9.18. The maximum Gasteiger partial charge on any atom is 0.237 e. The minimum Gasteiger partial charge on any atom is -0.496 e. The molecule has 0 radical (unpaired) electrons. The number of nitrogens with two attached hydrogens (primary N) is 1. The van der Waals surface area contributed by atoms with Crippen LogP contribution in [0.2, 0.25) is 0 Å². The van der Waals surface area contributed by atoms with Gasteiger partial charge < -0.3 is 15.8 Å². The molecule has 1 unspecified atom stereocenters. The molecule has 1 rings (SSSR count). The van der Waals surface area contributed by atoms with Gasteiger partial charge in [-0.25, -0.2) is 0 Å². The summed E-state index contributed by atoms with van der Waals surface area (Å²) in [4.78, 5) is 11.7. The van der Waals surface area contributed by atoms with Crippen LogP contribution in [0.15, 0.2) is 22.7 Å². The number of carbonyl (C=O) groups excluding carboxylic acids is 1. The van der Waals surface area contributed by atoms with Crippen LogP contribution in [0.5, 0.6) is 5.75 Å². The maximum absolute atomic E-state index is 11.7. The molecule has 1 amide bonds. The van der Waals surface area contributed by atoms with E-state index in [4.69, 9.17) is 10.5 Å². The highest BCUT2D eigenvalue weighted by Crippen LogP contribution is 2.22. The summed E-state index contributed by atoms with van der Waals surface area (Å²) in [5.74, 6) is 0.626. The van der Waals surface area contributed by atoms with Gasteiger partial charge in [-0.05, 0) is 24.6 Å². The summed E-state index contributed by atoms with van der Waals surface area (Å²) in [6.45, 7) is 2.42. The van der Waals surface area contributed by atoms with Crippen molar-refractivity contribution in [2.24, 2.45) is 5.73 Å². The number of hydrogen-bond donors (Lipinski definition) is 2. The average molecular weight is 352 g/mol. The summed E-state index contributed by atoms with van der Waals surface area (Å²) in [7, 11) is 1.61. The van der Waals surface area contributed by atoms with E-state index in [0.29, 0.717) is 13.0 Å². The zero-order chi connectivity index (χ0) is 13.5. The first kappa shape index (κ1) is 18.2. The molecular weight excluding hydrogens is 332 g/mol. The Morgan fingerprint density at radius 3 is 2.79 bits per heavy atom. The van der Waals surface area contributed by atoms with Gasteiger partial charge >= 0.3 is 0 Å². The minimum atomic E-state index is -0.437. The largest absolute Gasteiger partial charge is 0.496 e. The third kappa shape index (κ3) is 5.80. The van der Waals surface area contributed by atoms with Crippen LogP contribution in [0, 0.1) is 0 Å². The predicted molar refractivity (Wildman–Crippen MR) is 82.7 cm³/mol. The second-order valence-corrected chi connectivity index (χ2v) is 4.98. The number of carbonyl (C=O) groups is 1. The molecule has 3 N–H and O–H groups in total. The van der Waals surface area contributed by atoms with Crippen LogP contribution in [0.4, 0.5) is 0 Å². The highest BCUT2D eigenvalue weighted by molar-refractivity contribution is 9.10. The third-order valence-corrected chi connectivity index (χ3v) is 3.13. The fourth-order valence-electron chi connectivity index (χ4n) is 1.64. The van der Waals surface area contributed by atoms with Crippen molar-refractivity contribution in [1.82, 2.24) is 5.32 Å². The molecule has 0 aliphatic rings. The Hall–Kier alpha value is -0.780. The molecule has 0 heterocycles. The molecule has 0 saturated heterocycles. The zero-order valence-corrected chi connectivity index (χ0v) is 13.5. The van der Waals surface area contributed by atoms with Crippen molar-refractivity contribution in [2.75, 3.05) is 7.11 Å². The van der Waals surface area contributed by atoms with Crippen LogP contribution >= 0.6 is 28.3 Å². The van der Waals surface area contributed by atoms with Crippen LogP contribution in [0.1, 0.15) is 25.3 Å². The molecule has 0 aliphatic carbocycles. The van der Waals surface area contributed by atoms with Gasteiger partial charge in [0.2, 0.25) is 5.91 Å². The third-order valence-electron chi connectivity index (χ3n) is 2.63. The Morgan fingerprint density at radius 2 is 2.21 bits per heavy atom. The zero-order valence-electron chi connectivity index (χ0n) is 11.1. The number of amides is 1. The number of halogens is 2. The SMILES string of the molecule is CCCC(N)C(=O)NCc1cc(Br)ccc1OC.Cl. The van der Waals surface area contributed by atoms with Gasteiger partial charge in [0, 0.05) is 16.6 Å². The van der Waals surface area contributed by atoms with Crippen molar-refractivity contribution in [3.05, 3.63) is 28.2 Å². The smallest absolute Gasteiger partial charge is 0.237 e. The quantitative estimate of drug-likeness (QED) is 0.828. The van der Waals surface area contributed by atoms with E-state index in [0.717, 1.165) is 22.2 Å². The number of nitrogens with one attached hydrogen (secondary N) is 1. The van der Waals surface area contributed by atoms with E-state index >= 15 is 0 Å². The Morgan fingerprint density at radius 1 is 1.53 bits per heavy atom. The lowest BCUT2D eigenvalue weighted by Crippen LogP contribution is -2.40. The molecule has 0 aliphatic heterocycles. The van der Waals surface area contributed by atoms with Gasteiger partial charge in [0.25, 0.3) is 0 Å². The first-order valence-corrected chi connectivity index (χ1v) is 6.73. The average Bonchev–Trinajstić information content (AvgIpc) is 2.36. The molecule has 0 bridgehead atoms. The summed E-state index contributed by atoms with van der Waals surface area (Å²) < 4.78 is 6.19. The van der Waals surface area contributed by atoms with E-state index in [1.54, 1.807) is 7.11 Å². The fraction of sp³-hybridized carbons (Fsp3) is 0.462. The van der Waals surface area contributed by atoms with Crippen LogP contribution < -0.4 is 15.8 Å². The number of methoxy groups -OCH3 is 1. The molecule has 6 heteroatoms. The van der Waals surface area contributed by atoms with Crippen molar-refractivity contribution in [1.29, 1.82) is 0 Å². The summed E-state index contributed by atoms with van der Waals surface area (Å²) in [6, 6.07) is 5.24. The molecule has 19 heavy (non-hydrogen) atoms. The molecule has 1 aromatic carbocycles. The lowest BCUT2D eigenvalue weighted by Gasteiger charge is -2.13. The van der Waals surface area contributed by atoms with E-state index in [2.05, 4.69) is 21.2 Å². The molecule has 0 saturated carbocycles. The van der Waals surface area contributed by atoms with Crippen LogP contribution in [0.25, 0.3) is 0 Å². The Labute approximate surface area is 128 Å². The van der Waals surface area contributed by atoms with Gasteiger partial charge in [-0.3, -0.25) is 4.79 Å². The predicted octanol–water partition coefficient (Wildman–Crippen LogP) is 2.62. The number of ether oxygens (including phenoxy) is 1. The summed E-state index contributed by atoms with van der Waals surface area (Å²) in [6.07, 6.45) is 1.59. The van der Waals surface area contributed by atoms with Crippen molar-refractivity contribution >= 4 is 34.2 Å². The molecule has 0 fully saturated rings. The van der Waals surface area contributed by atoms with Crippen molar-refractivity contribution in [3.8, 4) is 5.75 Å². The highest BCUT2D eigenvalue weighted by Gasteiger charge is 2.12. The first-order chi connectivity index (χ1) is 8.58. The molecular formula is C13H20BrClN2O2. The minimum absolute atomic E-state index is 0. The molecule has 0 spiro atoms. The van der Waals surface area contributed by atoms with Crippen molar-refractivity contribution < 1.29 is 9.53 Å². The van der Waals surface area contributed by atoms with Crippen molar-refractivity contribution in [2.45, 2.75) is 32.4 Å². The number of hydrogen-bond acceptors (Lipinski definition) is 3. The van der Waals surface area contributed by atoms with E-state index in [9.17, 15) is 4.79 Å². The monoisotopic (exact) mass is 350 g/mol. The molecule has 1 aromatic rings. The first-order valence-electron chi connectivity index (χ1n) is 5.94. The molecule has 1 atom stereocenters. The molecule has 0 aromatic heterocycles. The van der Waals surface area contributed by atoms with E-state index < -0.39 is 6.04 Å². The Kier molecular flexibility index (Phi) is 8.80. The standard InChI is InChI=1S/C13H19BrN2O2.ClH/c1-3-4-11(15)13(17)16-8-9-7-10(14)5-6-12(9)18-2;/h5-7,11H,3-4,8,15H2,1-2H3,(H,16,17);1H. The van der Waals surface area contributed by atoms with Gasteiger partial charge in [0.15, 0.2) is 0 Å². The summed E-state index contributed by atoms with van der Waals surface area (Å²) in [5.41, 5.74) is 6.66. The van der Waals surface area contributed by atoms with Crippen LogP contribution in [-0.2, 0) is 11.3 Å². The Balaban J connectivity index is 0.00000324. The summed E-state index contributed by atoms with van der Waals surface area (Å²) >= 11 is 3.39. The van der Waals surface area contributed by atoms with Gasteiger partial charge in [-0.1, -0.05) is 29.3 Å².